The average Bonchev–Trinajstić information content (AvgIpc) is 2.82. The van der Waals surface area contributed by atoms with Gasteiger partial charge < -0.3 is 5.73 Å². The second-order valence-corrected chi connectivity index (χ2v) is 8.82. The third-order valence-corrected chi connectivity index (χ3v) is 8.45. The first-order chi connectivity index (χ1) is 8.50. The molecule has 18 heavy (non-hydrogen) atoms. The SMILES string of the molecule is NC1CC2CCC(C1)N2S(=O)(=O)c1sccc1Br. The molecule has 0 radical (unpaired) electrons. The molecule has 0 spiro atoms. The minimum absolute atomic E-state index is 0.0951. The van der Waals surface area contributed by atoms with Gasteiger partial charge in [0.15, 0.2) is 0 Å². The zero-order valence-electron chi connectivity index (χ0n) is 9.75. The number of thiophene rings is 1. The number of sulfonamides is 1. The number of halogens is 1. The van der Waals surface area contributed by atoms with Crippen molar-refractivity contribution in [2.45, 2.75) is 48.0 Å². The van der Waals surface area contributed by atoms with E-state index in [9.17, 15) is 8.42 Å². The van der Waals surface area contributed by atoms with Gasteiger partial charge in [-0.3, -0.25) is 0 Å². The van der Waals surface area contributed by atoms with Crippen molar-refractivity contribution in [2.24, 2.45) is 5.73 Å². The van der Waals surface area contributed by atoms with Gasteiger partial charge in [-0.15, -0.1) is 11.3 Å². The summed E-state index contributed by atoms with van der Waals surface area (Å²) in [5.74, 6) is 0. The van der Waals surface area contributed by atoms with Crippen molar-refractivity contribution >= 4 is 37.3 Å². The highest BCUT2D eigenvalue weighted by atomic mass is 79.9. The molecule has 2 saturated heterocycles. The smallest absolute Gasteiger partial charge is 0.254 e. The second-order valence-electron chi connectivity index (χ2n) is 5.01. The maximum Gasteiger partial charge on any atom is 0.254 e. The molecule has 0 aliphatic carbocycles. The summed E-state index contributed by atoms with van der Waals surface area (Å²) in [4.78, 5) is 0. The van der Waals surface area contributed by atoms with Gasteiger partial charge >= 0.3 is 0 Å². The molecule has 0 saturated carbocycles. The highest BCUT2D eigenvalue weighted by Crippen LogP contribution is 2.41. The Labute approximate surface area is 119 Å². The number of hydrogen-bond donors (Lipinski definition) is 1. The second kappa shape index (κ2) is 4.56. The minimum atomic E-state index is -3.36. The lowest BCUT2D eigenvalue weighted by molar-refractivity contribution is 0.227. The van der Waals surface area contributed by atoms with Gasteiger partial charge in [-0.2, -0.15) is 4.31 Å². The zero-order chi connectivity index (χ0) is 12.9. The van der Waals surface area contributed by atoms with E-state index in [0.29, 0.717) is 8.68 Å². The highest BCUT2D eigenvalue weighted by Gasteiger charge is 2.47. The molecule has 1 aromatic rings. The molecule has 2 aliphatic rings. The fourth-order valence-corrected chi connectivity index (χ4v) is 7.42. The number of hydrogen-bond acceptors (Lipinski definition) is 4. The first-order valence-electron chi connectivity index (χ1n) is 6.02. The van der Waals surface area contributed by atoms with Crippen molar-refractivity contribution in [1.82, 2.24) is 4.31 Å². The first kappa shape index (κ1) is 13.1. The van der Waals surface area contributed by atoms with E-state index in [4.69, 9.17) is 5.73 Å². The van der Waals surface area contributed by atoms with E-state index in [2.05, 4.69) is 15.9 Å². The largest absolute Gasteiger partial charge is 0.328 e. The van der Waals surface area contributed by atoms with Crippen LogP contribution in [0.25, 0.3) is 0 Å². The Morgan fingerprint density at radius 2 is 1.94 bits per heavy atom. The molecule has 1 aromatic heterocycles. The molecular weight excluding hydrogens is 336 g/mol. The normalized spacial score (nSPS) is 32.9. The Morgan fingerprint density at radius 1 is 1.33 bits per heavy atom. The molecule has 100 valence electrons. The van der Waals surface area contributed by atoms with E-state index in [1.54, 1.807) is 15.8 Å². The van der Waals surface area contributed by atoms with Crippen molar-refractivity contribution < 1.29 is 8.42 Å². The number of nitrogens with zero attached hydrogens (tertiary/aromatic N) is 1. The van der Waals surface area contributed by atoms with Crippen molar-refractivity contribution in [2.75, 3.05) is 0 Å². The van der Waals surface area contributed by atoms with Crippen LogP contribution in [0.4, 0.5) is 0 Å². The maximum atomic E-state index is 12.7. The Hall–Kier alpha value is 0.0500. The third kappa shape index (κ3) is 1.96. The van der Waals surface area contributed by atoms with Crippen LogP contribution in [0.5, 0.6) is 0 Å². The fraction of sp³-hybridized carbons (Fsp3) is 0.636. The van der Waals surface area contributed by atoms with Crippen LogP contribution in [0.15, 0.2) is 20.1 Å². The molecule has 4 nitrogen and oxygen atoms in total. The van der Waals surface area contributed by atoms with E-state index < -0.39 is 10.0 Å². The predicted octanol–water partition coefficient (Wildman–Crippen LogP) is 2.15. The molecule has 2 unspecified atom stereocenters. The number of piperidine rings is 1. The Kier molecular flexibility index (Phi) is 3.30. The summed E-state index contributed by atoms with van der Waals surface area (Å²) >= 11 is 4.60. The summed E-state index contributed by atoms with van der Waals surface area (Å²) in [5, 5.41) is 1.80. The monoisotopic (exact) mass is 350 g/mol. The molecule has 3 heterocycles. The van der Waals surface area contributed by atoms with Crippen LogP contribution in [-0.2, 0) is 10.0 Å². The number of rotatable bonds is 2. The molecule has 0 aromatic carbocycles. The molecule has 2 atom stereocenters. The van der Waals surface area contributed by atoms with Gasteiger partial charge in [0.25, 0.3) is 10.0 Å². The maximum absolute atomic E-state index is 12.7. The third-order valence-electron chi connectivity index (χ3n) is 3.80. The van der Waals surface area contributed by atoms with Crippen LogP contribution in [-0.4, -0.2) is 30.8 Å². The number of fused-ring (bicyclic) bond motifs is 2. The molecular formula is C11H15BrN2O2S2. The summed E-state index contributed by atoms with van der Waals surface area (Å²) in [5.41, 5.74) is 5.98. The zero-order valence-corrected chi connectivity index (χ0v) is 13.0. The van der Waals surface area contributed by atoms with Crippen LogP contribution in [0.1, 0.15) is 25.7 Å². The first-order valence-corrected chi connectivity index (χ1v) is 9.13. The lowest BCUT2D eigenvalue weighted by atomic mass is 10.0. The van der Waals surface area contributed by atoms with Crippen molar-refractivity contribution in [1.29, 1.82) is 0 Å². The highest BCUT2D eigenvalue weighted by molar-refractivity contribution is 9.10. The van der Waals surface area contributed by atoms with Crippen LogP contribution in [0.2, 0.25) is 0 Å². The van der Waals surface area contributed by atoms with E-state index in [1.807, 2.05) is 0 Å². The van der Waals surface area contributed by atoms with Crippen LogP contribution in [0, 0.1) is 0 Å². The Bertz CT molecular complexity index is 543. The van der Waals surface area contributed by atoms with Crippen LogP contribution in [0.3, 0.4) is 0 Å². The van der Waals surface area contributed by atoms with Crippen molar-refractivity contribution in [3.05, 3.63) is 15.9 Å². The lowest BCUT2D eigenvalue weighted by Crippen LogP contribution is -2.49. The van der Waals surface area contributed by atoms with E-state index >= 15 is 0 Å². The standard InChI is InChI=1S/C11H15BrN2O2S2/c12-10-3-4-17-11(10)18(15,16)14-8-1-2-9(14)6-7(13)5-8/h3-4,7-9H,1-2,5-6,13H2. The van der Waals surface area contributed by atoms with Crippen LogP contribution < -0.4 is 5.73 Å². The molecule has 2 aliphatic heterocycles. The number of nitrogens with two attached hydrogens (primary N) is 1. The average molecular weight is 351 g/mol. The van der Waals surface area contributed by atoms with Gasteiger partial charge in [0.05, 0.1) is 0 Å². The summed E-state index contributed by atoms with van der Waals surface area (Å²) in [6.45, 7) is 0. The summed E-state index contributed by atoms with van der Waals surface area (Å²) < 4.78 is 28.2. The topological polar surface area (TPSA) is 63.4 Å². The Balaban J connectivity index is 1.99. The molecule has 3 rings (SSSR count). The van der Waals surface area contributed by atoms with Gasteiger partial charge in [0.1, 0.15) is 4.21 Å². The van der Waals surface area contributed by atoms with Gasteiger partial charge in [-0.1, -0.05) is 0 Å². The van der Waals surface area contributed by atoms with Gasteiger partial charge in [-0.25, -0.2) is 8.42 Å². The predicted molar refractivity (Wildman–Crippen MR) is 75.1 cm³/mol. The van der Waals surface area contributed by atoms with Gasteiger partial charge in [0, 0.05) is 22.6 Å². The van der Waals surface area contributed by atoms with Gasteiger partial charge in [0.2, 0.25) is 0 Å². The van der Waals surface area contributed by atoms with Crippen LogP contribution >= 0.6 is 27.3 Å². The summed E-state index contributed by atoms with van der Waals surface area (Å²) in [6.07, 6.45) is 3.47. The van der Waals surface area contributed by atoms with E-state index in [0.717, 1.165) is 25.7 Å². The molecule has 2 N–H and O–H groups in total. The quantitative estimate of drug-likeness (QED) is 0.888. The molecule has 2 fully saturated rings. The van der Waals surface area contributed by atoms with E-state index in [1.165, 1.54) is 11.3 Å². The minimum Gasteiger partial charge on any atom is -0.328 e. The molecule has 7 heteroatoms. The van der Waals surface area contributed by atoms with Crippen molar-refractivity contribution in [3.8, 4) is 0 Å². The fourth-order valence-electron chi connectivity index (χ4n) is 3.13. The van der Waals surface area contributed by atoms with Crippen molar-refractivity contribution in [3.63, 3.8) is 0 Å². The molecule has 0 amide bonds. The lowest BCUT2D eigenvalue weighted by Gasteiger charge is -2.36. The van der Waals surface area contributed by atoms with E-state index in [-0.39, 0.29) is 18.1 Å². The molecule has 2 bridgehead atoms. The Morgan fingerprint density at radius 3 is 2.44 bits per heavy atom. The summed E-state index contributed by atoms with van der Waals surface area (Å²) in [6, 6.07) is 2.13. The summed E-state index contributed by atoms with van der Waals surface area (Å²) in [7, 11) is -3.36. The van der Waals surface area contributed by atoms with Gasteiger partial charge in [-0.05, 0) is 53.1 Å².